The van der Waals surface area contributed by atoms with Crippen LogP contribution in [-0.4, -0.2) is 139 Å². The number of ether oxygens (including phenoxy) is 4. The molecule has 2 atom stereocenters. The number of nitrogens with one attached hydrogen (secondary N) is 4. The summed E-state index contributed by atoms with van der Waals surface area (Å²) in [6.45, 7) is 3.34. The topological polar surface area (TPSA) is 279 Å². The Morgan fingerprint density at radius 2 is 1.10 bits per heavy atom. The fraction of sp³-hybridized carbons (Fsp3) is 0.780. The average Bonchev–Trinajstić information content (AvgIpc) is 3.84. The molecule has 1 heterocycles. The second kappa shape index (κ2) is 43.4. The summed E-state index contributed by atoms with van der Waals surface area (Å²) in [5, 5.41) is 26.2. The first kappa shape index (κ1) is 62.4. The molecule has 69 heavy (non-hydrogen) atoms. The van der Waals surface area contributed by atoms with Crippen LogP contribution in [0.15, 0.2) is 12.5 Å². The number of aromatic nitrogens is 2. The molecule has 6 N–H and O–H groups in total. The zero-order valence-electron chi connectivity index (χ0n) is 41.5. The van der Waals surface area contributed by atoms with E-state index in [1.165, 1.54) is 51.9 Å². The normalized spacial score (nSPS) is 12.0. The molecule has 0 fully saturated rings. The van der Waals surface area contributed by atoms with Crippen molar-refractivity contribution in [1.29, 1.82) is 0 Å². The van der Waals surface area contributed by atoms with Crippen LogP contribution in [0.3, 0.4) is 0 Å². The van der Waals surface area contributed by atoms with Crippen molar-refractivity contribution in [1.82, 2.24) is 25.9 Å². The van der Waals surface area contributed by atoms with Gasteiger partial charge in [0.05, 0.1) is 39.4 Å². The third-order valence-electron chi connectivity index (χ3n) is 11.5. The lowest BCUT2D eigenvalue weighted by atomic mass is 9.91. The van der Waals surface area contributed by atoms with E-state index in [2.05, 4.69) is 25.9 Å². The van der Waals surface area contributed by atoms with Gasteiger partial charge < -0.3 is 50.1 Å². The van der Waals surface area contributed by atoms with Crippen molar-refractivity contribution >= 4 is 47.0 Å². The minimum atomic E-state index is -1.16. The number of rotatable bonds is 50. The lowest BCUT2D eigenvalue weighted by Crippen LogP contribution is -2.41. The van der Waals surface area contributed by atoms with Gasteiger partial charge in [-0.1, -0.05) is 83.5 Å². The molecule has 3 amide bonds. The van der Waals surface area contributed by atoms with E-state index in [1.54, 1.807) is 12.5 Å². The number of ketones is 3. The Morgan fingerprint density at radius 3 is 1.65 bits per heavy atom. The number of carbonyl (C=O) groups excluding carboxylic acids is 6. The van der Waals surface area contributed by atoms with Gasteiger partial charge >= 0.3 is 11.9 Å². The summed E-state index contributed by atoms with van der Waals surface area (Å²) in [6, 6.07) is -1.11. The zero-order valence-corrected chi connectivity index (χ0v) is 41.5. The summed E-state index contributed by atoms with van der Waals surface area (Å²) in [4.78, 5) is 102. The highest BCUT2D eigenvalue weighted by Gasteiger charge is 2.21. The molecular formula is C50H85N5O14. The van der Waals surface area contributed by atoms with Gasteiger partial charge in [-0.25, -0.2) is 9.78 Å². The van der Waals surface area contributed by atoms with Crippen molar-refractivity contribution in [2.45, 2.75) is 180 Å². The lowest BCUT2D eigenvalue weighted by Gasteiger charge is -2.14. The van der Waals surface area contributed by atoms with Gasteiger partial charge in [-0.3, -0.25) is 33.6 Å². The number of nitrogens with zero attached hydrogens (tertiary/aromatic N) is 1. The zero-order chi connectivity index (χ0) is 50.6. The number of aryl methyl sites for hydroxylation is 1. The molecule has 19 heteroatoms. The van der Waals surface area contributed by atoms with Crippen LogP contribution in [0.25, 0.3) is 0 Å². The summed E-state index contributed by atoms with van der Waals surface area (Å²) < 4.78 is 21.5. The van der Waals surface area contributed by atoms with Crippen LogP contribution in [-0.2, 0) is 63.7 Å². The van der Waals surface area contributed by atoms with E-state index in [9.17, 15) is 43.5 Å². The number of hydrogen-bond acceptors (Lipinski definition) is 13. The predicted molar refractivity (Wildman–Crippen MR) is 258 cm³/mol. The van der Waals surface area contributed by atoms with Gasteiger partial charge in [-0.15, -0.1) is 0 Å². The number of amides is 3. The maximum atomic E-state index is 12.4. The predicted octanol–water partition coefficient (Wildman–Crippen LogP) is 6.00. The quantitative estimate of drug-likeness (QED) is 0.0409. The molecule has 1 aromatic heterocycles. The van der Waals surface area contributed by atoms with Gasteiger partial charge in [0.2, 0.25) is 17.7 Å². The Kier molecular flexibility index (Phi) is 39.3. The van der Waals surface area contributed by atoms with E-state index in [-0.39, 0.29) is 132 Å². The Labute approximate surface area is 409 Å². The molecule has 0 bridgehead atoms. The Bertz CT molecular complexity index is 1560. The number of carboxylic acid groups (broad SMARTS) is 2. The molecule has 1 rings (SSSR count). The van der Waals surface area contributed by atoms with E-state index in [1.807, 2.05) is 0 Å². The van der Waals surface area contributed by atoms with E-state index in [4.69, 9.17) is 24.1 Å². The third kappa shape index (κ3) is 39.9. The van der Waals surface area contributed by atoms with Crippen LogP contribution in [0.1, 0.15) is 173 Å². The number of H-pyrrole nitrogens is 1. The van der Waals surface area contributed by atoms with Crippen LogP contribution in [0.4, 0.5) is 0 Å². The van der Waals surface area contributed by atoms with Gasteiger partial charge in [0, 0.05) is 76.0 Å². The highest BCUT2D eigenvalue weighted by atomic mass is 16.5. The minimum absolute atomic E-state index is 0.00593. The summed E-state index contributed by atoms with van der Waals surface area (Å²) in [5.41, 5.74) is 0.886. The summed E-state index contributed by atoms with van der Waals surface area (Å²) >= 11 is 0. The molecule has 394 valence electrons. The van der Waals surface area contributed by atoms with Crippen LogP contribution >= 0.6 is 0 Å². The Morgan fingerprint density at radius 1 is 0.551 bits per heavy atom. The molecule has 0 saturated heterocycles. The number of imidazole rings is 1. The standard InChI is InChI=1S/C50H85N5O14/c1-40(56)41(35-44(58)24-23-42-36-51-39-54-42)19-16-17-27-52-47(60)37-69-34-32-67-30-28-53-48(61)38-68-33-31-66-29-18-20-43(57)25-26-45(50(64)65)55-46(59)21-14-12-10-8-6-4-2-3-5-7-9-11-13-15-22-49(62)63/h36,39,41,45H,2-35,37-38H2,1H3,(H,51,54)(H,52,60)(H,53,61)(H,55,59)(H,62,63)(H,64,65)/t41-,45-/m1/s1. The third-order valence-corrected chi connectivity index (χ3v) is 11.5. The minimum Gasteiger partial charge on any atom is -0.481 e. The van der Waals surface area contributed by atoms with Crippen LogP contribution in [0, 0.1) is 5.92 Å². The van der Waals surface area contributed by atoms with Crippen molar-refractivity contribution in [3.63, 3.8) is 0 Å². The largest absolute Gasteiger partial charge is 0.481 e. The molecule has 0 aromatic carbocycles. The molecule has 0 saturated carbocycles. The number of unbranched alkanes of at least 4 members (excludes halogenated alkanes) is 14. The number of hydrogen-bond donors (Lipinski definition) is 6. The number of carbonyl (C=O) groups is 8. The molecule has 1 aromatic rings. The maximum absolute atomic E-state index is 12.4. The van der Waals surface area contributed by atoms with Crippen molar-refractivity contribution in [3.05, 3.63) is 18.2 Å². The monoisotopic (exact) mass is 980 g/mol. The molecule has 0 radical (unpaired) electrons. The van der Waals surface area contributed by atoms with Crippen molar-refractivity contribution in [2.24, 2.45) is 5.92 Å². The van der Waals surface area contributed by atoms with Gasteiger partial charge in [0.1, 0.15) is 36.6 Å². The van der Waals surface area contributed by atoms with E-state index in [0.29, 0.717) is 58.1 Å². The van der Waals surface area contributed by atoms with Crippen molar-refractivity contribution < 1.29 is 67.5 Å². The van der Waals surface area contributed by atoms with E-state index in [0.717, 1.165) is 44.2 Å². The van der Waals surface area contributed by atoms with Gasteiger partial charge in [0.25, 0.3) is 0 Å². The van der Waals surface area contributed by atoms with Gasteiger partial charge in [0.15, 0.2) is 0 Å². The van der Waals surface area contributed by atoms with Crippen LogP contribution in [0.5, 0.6) is 0 Å². The average molecular weight is 980 g/mol. The SMILES string of the molecule is CC(=O)[C@H](CCCCNC(=O)COCCOCCNC(=O)COCCOCCCC(=O)CC[C@@H](NC(=O)CCCCCCCCCCCCCCCCC(=O)O)C(=O)O)CC(=O)CCc1cnc[nH]1. The van der Waals surface area contributed by atoms with E-state index < -0.39 is 18.0 Å². The van der Waals surface area contributed by atoms with Crippen molar-refractivity contribution in [2.75, 3.05) is 65.9 Å². The molecule has 19 nitrogen and oxygen atoms in total. The Balaban J connectivity index is 1.92. The first-order valence-corrected chi connectivity index (χ1v) is 25.5. The van der Waals surface area contributed by atoms with E-state index >= 15 is 0 Å². The van der Waals surface area contributed by atoms with Crippen molar-refractivity contribution in [3.8, 4) is 0 Å². The van der Waals surface area contributed by atoms with Crippen LogP contribution in [0.2, 0.25) is 0 Å². The molecule has 0 aliphatic rings. The Hall–Kier alpha value is -4.59. The number of Topliss-reactive ketones (excluding diaryl/α,β-unsaturated/α-hetero) is 3. The lowest BCUT2D eigenvalue weighted by molar-refractivity contribution is -0.142. The smallest absolute Gasteiger partial charge is 0.326 e. The van der Waals surface area contributed by atoms with Crippen LogP contribution < -0.4 is 16.0 Å². The molecule has 0 spiro atoms. The highest BCUT2D eigenvalue weighted by Crippen LogP contribution is 2.17. The molecule has 0 aliphatic carbocycles. The van der Waals surface area contributed by atoms with Gasteiger partial charge in [-0.2, -0.15) is 0 Å². The summed E-state index contributed by atoms with van der Waals surface area (Å²) in [6.07, 6.45) is 22.7. The van der Waals surface area contributed by atoms with Gasteiger partial charge in [-0.05, 0) is 51.9 Å². The number of aromatic amines is 1. The maximum Gasteiger partial charge on any atom is 0.326 e. The second-order valence-corrected chi connectivity index (χ2v) is 17.6. The first-order valence-electron chi connectivity index (χ1n) is 25.5. The first-order chi connectivity index (χ1) is 33.4. The number of aliphatic carboxylic acids is 2. The highest BCUT2D eigenvalue weighted by molar-refractivity contribution is 5.87. The number of carboxylic acids is 2. The molecule has 0 aliphatic heterocycles. The fourth-order valence-corrected chi connectivity index (χ4v) is 7.41. The molecule has 0 unspecified atom stereocenters. The summed E-state index contributed by atoms with van der Waals surface area (Å²) in [7, 11) is 0. The molecular weight excluding hydrogens is 895 g/mol. The second-order valence-electron chi connectivity index (χ2n) is 17.6. The summed E-state index contributed by atoms with van der Waals surface area (Å²) in [5.74, 6) is -3.16. The fourth-order valence-electron chi connectivity index (χ4n) is 7.41.